The second kappa shape index (κ2) is 13.8. The number of benzene rings is 2. The van der Waals surface area contributed by atoms with E-state index in [9.17, 15) is 27.9 Å². The highest BCUT2D eigenvalue weighted by Crippen LogP contribution is 2.31. The quantitative estimate of drug-likeness (QED) is 0.214. The minimum absolute atomic E-state index is 0.0317. The fourth-order valence-corrected chi connectivity index (χ4v) is 5.55. The van der Waals surface area contributed by atoms with Gasteiger partial charge in [0.2, 0.25) is 5.91 Å². The van der Waals surface area contributed by atoms with E-state index >= 15 is 0 Å². The molecule has 1 aliphatic heterocycles. The first-order chi connectivity index (χ1) is 21.9. The predicted octanol–water partition coefficient (Wildman–Crippen LogP) is 4.01. The number of amides is 2. The molecule has 13 heteroatoms. The molecule has 1 saturated heterocycles. The van der Waals surface area contributed by atoms with Gasteiger partial charge >= 0.3 is 0 Å². The van der Waals surface area contributed by atoms with Gasteiger partial charge in [-0.2, -0.15) is 5.10 Å². The molecule has 5 rings (SSSR count). The van der Waals surface area contributed by atoms with Gasteiger partial charge in [0.25, 0.3) is 5.91 Å². The molecule has 0 saturated carbocycles. The number of hydrogen-bond donors (Lipinski definition) is 3. The molecule has 4 N–H and O–H groups in total. The number of primary amides is 1. The summed E-state index contributed by atoms with van der Waals surface area (Å²) < 4.78 is 49.5. The largest absolute Gasteiger partial charge is 0.379 e. The zero-order valence-electron chi connectivity index (χ0n) is 25.6. The molecule has 2 atom stereocenters. The Labute approximate surface area is 264 Å². The lowest BCUT2D eigenvalue weighted by Crippen LogP contribution is -2.53. The first-order valence-corrected chi connectivity index (χ1v) is 14.7. The number of pyridine rings is 1. The number of carbonyl (C=O) groups excluding carboxylic acids is 2. The van der Waals surface area contributed by atoms with Crippen LogP contribution in [0.4, 0.5) is 13.2 Å². The number of aliphatic hydroxyl groups excluding tert-OH is 1. The molecule has 1 fully saturated rings. The van der Waals surface area contributed by atoms with Gasteiger partial charge in [0.1, 0.15) is 29.7 Å². The topological polar surface area (TPSA) is 136 Å². The van der Waals surface area contributed by atoms with Crippen LogP contribution in [-0.4, -0.2) is 62.9 Å². The summed E-state index contributed by atoms with van der Waals surface area (Å²) in [6.07, 6.45) is 0.500. The van der Waals surface area contributed by atoms with Crippen LogP contribution in [0.1, 0.15) is 65.0 Å². The Hall–Kier alpha value is -4.59. The van der Waals surface area contributed by atoms with Gasteiger partial charge in [-0.15, -0.1) is 0 Å². The Balaban J connectivity index is 1.47. The van der Waals surface area contributed by atoms with Crippen molar-refractivity contribution in [1.82, 2.24) is 25.0 Å². The molecular weight excluding hydrogens is 601 g/mol. The van der Waals surface area contributed by atoms with Crippen molar-refractivity contribution in [2.24, 2.45) is 5.73 Å². The Morgan fingerprint density at radius 1 is 1.09 bits per heavy atom. The molecule has 46 heavy (non-hydrogen) atoms. The van der Waals surface area contributed by atoms with Crippen molar-refractivity contribution in [3.63, 3.8) is 0 Å². The number of likely N-dealkylation sites (tertiary alicyclic amines) is 1. The lowest BCUT2D eigenvalue weighted by molar-refractivity contribution is -0.122. The molecule has 0 spiro atoms. The van der Waals surface area contributed by atoms with E-state index in [1.165, 1.54) is 23.0 Å². The second-order valence-corrected chi connectivity index (χ2v) is 11.6. The lowest BCUT2D eigenvalue weighted by Gasteiger charge is -2.40. The summed E-state index contributed by atoms with van der Waals surface area (Å²) in [6.45, 7) is 4.75. The van der Waals surface area contributed by atoms with E-state index in [1.54, 1.807) is 30.2 Å². The molecule has 0 aliphatic carbocycles. The molecule has 2 unspecified atom stereocenters. The van der Waals surface area contributed by atoms with Crippen molar-refractivity contribution < 1.29 is 32.6 Å². The molecule has 1 aliphatic rings. The molecular formula is C33H35F3N6O4. The van der Waals surface area contributed by atoms with Gasteiger partial charge in [-0.05, 0) is 59.9 Å². The van der Waals surface area contributed by atoms with E-state index in [1.807, 2.05) is 13.8 Å². The zero-order chi connectivity index (χ0) is 33.1. The molecule has 3 heterocycles. The predicted molar refractivity (Wildman–Crippen MR) is 163 cm³/mol. The standard InChI is InChI=1S/C33H35F3N6O4/c1-18(2)29-14-28(33(45)41-15-23(16-41)46-3)40-42(29)17-30(43)39-27(11-19-9-21(34)13-22(35)10-19)31-24(5-4-8-38-31)20-6-7-26(36)25(12-20)32(37)44/h4-10,12-14,18,23,27,33,45H,11,15-17H2,1-3H3,(H2,37,44)(H,39,43). The fraction of sp³-hybridized carbons (Fsp3) is 0.333. The van der Waals surface area contributed by atoms with Crippen molar-refractivity contribution in [1.29, 1.82) is 0 Å². The molecule has 4 aromatic rings. The number of rotatable bonds is 12. The summed E-state index contributed by atoms with van der Waals surface area (Å²) in [5, 5.41) is 18.4. The first-order valence-electron chi connectivity index (χ1n) is 14.7. The summed E-state index contributed by atoms with van der Waals surface area (Å²) in [6, 6.07) is 11.1. The molecule has 2 aromatic heterocycles. The average Bonchev–Trinajstić information content (AvgIpc) is 3.40. The zero-order valence-corrected chi connectivity index (χ0v) is 25.6. The SMILES string of the molecule is COC1CN(C(O)c2cc(C(C)C)n(CC(=O)NC(Cc3cc(F)cc(F)c3)c3ncccc3-c3ccc(F)c(C(N)=O)c3)n2)C1. The second-order valence-electron chi connectivity index (χ2n) is 11.6. The van der Waals surface area contributed by atoms with Crippen LogP contribution in [0, 0.1) is 17.5 Å². The summed E-state index contributed by atoms with van der Waals surface area (Å²) >= 11 is 0. The lowest BCUT2D eigenvalue weighted by atomic mass is 9.94. The Morgan fingerprint density at radius 3 is 2.46 bits per heavy atom. The molecule has 242 valence electrons. The van der Waals surface area contributed by atoms with E-state index < -0.39 is 41.5 Å². The summed E-state index contributed by atoms with van der Waals surface area (Å²) in [5.41, 5.74) is 7.58. The molecule has 2 aromatic carbocycles. The van der Waals surface area contributed by atoms with Crippen LogP contribution in [-0.2, 0) is 22.5 Å². The number of nitrogens with two attached hydrogens (primary N) is 1. The van der Waals surface area contributed by atoms with Gasteiger partial charge in [0.05, 0.1) is 23.4 Å². The highest BCUT2D eigenvalue weighted by atomic mass is 19.1. The fourth-order valence-electron chi connectivity index (χ4n) is 5.55. The number of carbonyl (C=O) groups is 2. The Morgan fingerprint density at radius 2 is 1.80 bits per heavy atom. The van der Waals surface area contributed by atoms with E-state index in [0.29, 0.717) is 35.6 Å². The van der Waals surface area contributed by atoms with Crippen molar-refractivity contribution in [3.05, 3.63) is 106 Å². The van der Waals surface area contributed by atoms with Crippen molar-refractivity contribution >= 4 is 11.8 Å². The number of methoxy groups -OCH3 is 1. The normalized spacial score (nSPS) is 15.0. The molecule has 0 bridgehead atoms. The molecule has 0 radical (unpaired) electrons. The van der Waals surface area contributed by atoms with E-state index in [2.05, 4.69) is 15.4 Å². The minimum Gasteiger partial charge on any atom is -0.379 e. The Bertz CT molecular complexity index is 1720. The number of hydrogen-bond acceptors (Lipinski definition) is 7. The maximum atomic E-state index is 14.3. The van der Waals surface area contributed by atoms with Crippen molar-refractivity contribution in [3.8, 4) is 11.1 Å². The highest BCUT2D eigenvalue weighted by Gasteiger charge is 2.34. The summed E-state index contributed by atoms with van der Waals surface area (Å²) in [4.78, 5) is 31.8. The van der Waals surface area contributed by atoms with Crippen LogP contribution in [0.5, 0.6) is 0 Å². The van der Waals surface area contributed by atoms with Gasteiger partial charge < -0.3 is 20.9 Å². The summed E-state index contributed by atoms with van der Waals surface area (Å²) in [5.74, 6) is -3.83. The number of nitrogens with zero attached hydrogens (tertiary/aromatic N) is 4. The average molecular weight is 637 g/mol. The van der Waals surface area contributed by atoms with Crippen LogP contribution in [0.3, 0.4) is 0 Å². The van der Waals surface area contributed by atoms with Crippen LogP contribution in [0.15, 0.2) is 60.8 Å². The maximum Gasteiger partial charge on any atom is 0.251 e. The highest BCUT2D eigenvalue weighted by molar-refractivity contribution is 5.94. The molecule has 10 nitrogen and oxygen atoms in total. The number of ether oxygens (including phenoxy) is 1. The third-order valence-electron chi connectivity index (χ3n) is 7.94. The van der Waals surface area contributed by atoms with Crippen molar-refractivity contribution in [2.45, 2.75) is 51.1 Å². The van der Waals surface area contributed by atoms with Gasteiger partial charge in [-0.25, -0.2) is 13.2 Å². The van der Waals surface area contributed by atoms with Crippen LogP contribution < -0.4 is 11.1 Å². The Kier molecular flexibility index (Phi) is 9.85. The van der Waals surface area contributed by atoms with Gasteiger partial charge in [-0.3, -0.25) is 24.2 Å². The maximum absolute atomic E-state index is 14.3. The van der Waals surface area contributed by atoms with Crippen LogP contribution in [0.2, 0.25) is 0 Å². The van der Waals surface area contributed by atoms with Gasteiger partial charge in [0, 0.05) is 43.7 Å². The van der Waals surface area contributed by atoms with E-state index in [4.69, 9.17) is 10.5 Å². The third kappa shape index (κ3) is 7.27. The number of nitrogens with one attached hydrogen (secondary N) is 1. The molecule has 2 amide bonds. The van der Waals surface area contributed by atoms with Gasteiger partial charge in [0.15, 0.2) is 6.23 Å². The monoisotopic (exact) mass is 636 g/mol. The number of halogens is 3. The van der Waals surface area contributed by atoms with Crippen molar-refractivity contribution in [2.75, 3.05) is 20.2 Å². The first kappa shape index (κ1) is 32.8. The van der Waals surface area contributed by atoms with E-state index in [0.717, 1.165) is 30.0 Å². The van der Waals surface area contributed by atoms with Crippen LogP contribution in [0.25, 0.3) is 11.1 Å². The van der Waals surface area contributed by atoms with Gasteiger partial charge in [-0.1, -0.05) is 26.0 Å². The summed E-state index contributed by atoms with van der Waals surface area (Å²) in [7, 11) is 1.61. The third-order valence-corrected chi connectivity index (χ3v) is 7.94. The van der Waals surface area contributed by atoms with E-state index in [-0.39, 0.29) is 36.1 Å². The van der Waals surface area contributed by atoms with Crippen LogP contribution >= 0.6 is 0 Å². The minimum atomic E-state index is -0.971. The number of aromatic nitrogens is 3. The smallest absolute Gasteiger partial charge is 0.251 e. The number of aliphatic hydroxyl groups is 1.